The molecule has 0 saturated carbocycles. The monoisotopic (exact) mass is 376 g/mol. The fraction of sp³-hybridized carbons (Fsp3) is 0.652. The second-order valence-electron chi connectivity index (χ2n) is 7.47. The van der Waals surface area contributed by atoms with E-state index in [-0.39, 0.29) is 11.1 Å². The van der Waals surface area contributed by atoms with E-state index in [0.717, 1.165) is 19.3 Å². The van der Waals surface area contributed by atoms with Gasteiger partial charge in [-0.15, -0.1) is 0 Å². The molecule has 0 aromatic heterocycles. The Kier molecular flexibility index (Phi) is 12.2. The summed E-state index contributed by atoms with van der Waals surface area (Å²) in [5.74, 6) is -2.00. The predicted octanol–water partition coefficient (Wildman–Crippen LogP) is 6.72. The molecule has 0 amide bonds. The number of carboxylic acid groups (broad SMARTS) is 2. The summed E-state index contributed by atoms with van der Waals surface area (Å²) in [6.45, 7) is 2.25. The van der Waals surface area contributed by atoms with Gasteiger partial charge in [0.05, 0.1) is 11.1 Å². The van der Waals surface area contributed by atoms with Gasteiger partial charge in [-0.2, -0.15) is 0 Å². The van der Waals surface area contributed by atoms with E-state index in [2.05, 4.69) is 6.92 Å². The Labute approximate surface area is 164 Å². The molecule has 0 atom stereocenters. The number of unbranched alkanes of at least 4 members (excludes halogenated alkanes) is 12. The van der Waals surface area contributed by atoms with Crippen molar-refractivity contribution in [2.24, 2.45) is 0 Å². The number of aryl methyl sites for hydroxylation is 1. The first-order valence-electron chi connectivity index (χ1n) is 10.7. The maximum Gasteiger partial charge on any atom is 0.335 e. The van der Waals surface area contributed by atoms with Crippen molar-refractivity contribution in [3.05, 3.63) is 34.9 Å². The molecule has 0 bridgehead atoms. The van der Waals surface area contributed by atoms with Gasteiger partial charge in [-0.3, -0.25) is 0 Å². The minimum atomic E-state index is -1.02. The molecule has 0 aliphatic carbocycles. The van der Waals surface area contributed by atoms with Crippen LogP contribution in [0.1, 0.15) is 117 Å². The summed E-state index contributed by atoms with van der Waals surface area (Å²) in [4.78, 5) is 22.4. The van der Waals surface area contributed by atoms with Crippen LogP contribution in [0.3, 0.4) is 0 Å². The van der Waals surface area contributed by atoms with Gasteiger partial charge in [-0.1, -0.05) is 84.0 Å². The lowest BCUT2D eigenvalue weighted by Gasteiger charge is -2.08. The molecule has 0 unspecified atom stereocenters. The standard InChI is InChI=1S/C23H36O4/c1-2-3-4-5-6-7-8-9-10-11-12-13-14-15-19-18-20(22(24)25)16-17-21(19)23(26)27/h16-18H,2-15H2,1H3,(H,24,25)(H,26,27). The zero-order valence-corrected chi connectivity index (χ0v) is 16.8. The van der Waals surface area contributed by atoms with E-state index in [4.69, 9.17) is 5.11 Å². The predicted molar refractivity (Wildman–Crippen MR) is 110 cm³/mol. The third-order valence-corrected chi connectivity index (χ3v) is 5.13. The largest absolute Gasteiger partial charge is 0.478 e. The number of rotatable bonds is 16. The highest BCUT2D eigenvalue weighted by Gasteiger charge is 2.13. The normalized spacial score (nSPS) is 10.9. The van der Waals surface area contributed by atoms with E-state index in [1.54, 1.807) is 0 Å². The Morgan fingerprint density at radius 2 is 1.19 bits per heavy atom. The van der Waals surface area contributed by atoms with Crippen LogP contribution in [0, 0.1) is 0 Å². The summed E-state index contributed by atoms with van der Waals surface area (Å²) in [5.41, 5.74) is 1.01. The zero-order chi connectivity index (χ0) is 19.9. The molecule has 1 aromatic carbocycles. The van der Waals surface area contributed by atoms with Crippen molar-refractivity contribution in [2.75, 3.05) is 0 Å². The zero-order valence-electron chi connectivity index (χ0n) is 16.8. The lowest BCUT2D eigenvalue weighted by Crippen LogP contribution is -2.06. The Hall–Kier alpha value is -1.84. The average molecular weight is 377 g/mol. The molecule has 0 saturated heterocycles. The van der Waals surface area contributed by atoms with Crippen LogP contribution in [-0.2, 0) is 6.42 Å². The summed E-state index contributed by atoms with van der Waals surface area (Å²) < 4.78 is 0. The lowest BCUT2D eigenvalue weighted by atomic mass is 9.98. The minimum absolute atomic E-state index is 0.157. The highest BCUT2D eigenvalue weighted by atomic mass is 16.4. The molecule has 4 nitrogen and oxygen atoms in total. The van der Waals surface area contributed by atoms with Gasteiger partial charge in [-0.05, 0) is 36.6 Å². The van der Waals surface area contributed by atoms with Gasteiger partial charge < -0.3 is 10.2 Å². The Morgan fingerprint density at radius 3 is 1.63 bits per heavy atom. The summed E-state index contributed by atoms with van der Waals surface area (Å²) in [7, 11) is 0. The third kappa shape index (κ3) is 10.2. The Balaban J connectivity index is 2.13. The van der Waals surface area contributed by atoms with Crippen molar-refractivity contribution in [3.8, 4) is 0 Å². The summed E-state index contributed by atoms with van der Waals surface area (Å²) in [6.07, 6.45) is 17.1. The molecule has 1 aromatic rings. The number of benzene rings is 1. The van der Waals surface area contributed by atoms with Crippen molar-refractivity contribution < 1.29 is 19.8 Å². The second-order valence-corrected chi connectivity index (χ2v) is 7.47. The molecule has 152 valence electrons. The molecular weight excluding hydrogens is 340 g/mol. The second kappa shape index (κ2) is 14.2. The molecule has 1 rings (SSSR count). The first-order valence-corrected chi connectivity index (χ1v) is 10.7. The van der Waals surface area contributed by atoms with E-state index >= 15 is 0 Å². The van der Waals surface area contributed by atoms with Crippen LogP contribution in [-0.4, -0.2) is 22.2 Å². The fourth-order valence-corrected chi connectivity index (χ4v) is 3.48. The number of carbonyl (C=O) groups is 2. The molecule has 0 fully saturated rings. The van der Waals surface area contributed by atoms with Crippen molar-refractivity contribution in [1.29, 1.82) is 0 Å². The molecule has 27 heavy (non-hydrogen) atoms. The molecular formula is C23H36O4. The Bertz CT molecular complexity index is 565. The van der Waals surface area contributed by atoms with Crippen molar-refractivity contribution in [1.82, 2.24) is 0 Å². The van der Waals surface area contributed by atoms with E-state index in [1.165, 1.54) is 82.4 Å². The van der Waals surface area contributed by atoms with E-state index in [9.17, 15) is 14.7 Å². The Morgan fingerprint density at radius 1 is 0.704 bits per heavy atom. The van der Waals surface area contributed by atoms with Crippen LogP contribution in [0.15, 0.2) is 18.2 Å². The number of carboxylic acids is 2. The molecule has 2 N–H and O–H groups in total. The SMILES string of the molecule is CCCCCCCCCCCCCCCc1cc(C(=O)O)ccc1C(=O)O. The van der Waals surface area contributed by atoms with Gasteiger partial charge in [0, 0.05) is 0 Å². The van der Waals surface area contributed by atoms with Crippen LogP contribution in [0.4, 0.5) is 0 Å². The lowest BCUT2D eigenvalue weighted by molar-refractivity contribution is 0.0680. The van der Waals surface area contributed by atoms with Gasteiger partial charge >= 0.3 is 11.9 Å². The van der Waals surface area contributed by atoms with Gasteiger partial charge in [0.15, 0.2) is 0 Å². The third-order valence-electron chi connectivity index (χ3n) is 5.13. The number of aromatic carboxylic acids is 2. The summed E-state index contributed by atoms with van der Waals surface area (Å²) in [6, 6.07) is 4.27. The van der Waals surface area contributed by atoms with Gasteiger partial charge in [0.1, 0.15) is 0 Å². The number of hydrogen-bond acceptors (Lipinski definition) is 2. The van der Waals surface area contributed by atoms with Gasteiger partial charge in [0.2, 0.25) is 0 Å². The quantitative estimate of drug-likeness (QED) is 0.314. The van der Waals surface area contributed by atoms with E-state index < -0.39 is 11.9 Å². The minimum Gasteiger partial charge on any atom is -0.478 e. The summed E-state index contributed by atoms with van der Waals surface area (Å²) in [5, 5.41) is 18.3. The average Bonchev–Trinajstić information content (AvgIpc) is 2.65. The highest BCUT2D eigenvalue weighted by molar-refractivity contribution is 5.93. The molecule has 0 aliphatic heterocycles. The van der Waals surface area contributed by atoms with Crippen LogP contribution >= 0.6 is 0 Å². The smallest absolute Gasteiger partial charge is 0.335 e. The maximum absolute atomic E-state index is 11.3. The van der Waals surface area contributed by atoms with E-state index in [1.807, 2.05) is 0 Å². The molecule has 0 spiro atoms. The van der Waals surface area contributed by atoms with Gasteiger partial charge in [0.25, 0.3) is 0 Å². The fourth-order valence-electron chi connectivity index (χ4n) is 3.48. The molecule has 0 radical (unpaired) electrons. The first-order chi connectivity index (χ1) is 13.1. The van der Waals surface area contributed by atoms with Crippen molar-refractivity contribution in [3.63, 3.8) is 0 Å². The van der Waals surface area contributed by atoms with Crippen LogP contribution in [0.2, 0.25) is 0 Å². The summed E-state index contributed by atoms with van der Waals surface area (Å²) >= 11 is 0. The van der Waals surface area contributed by atoms with Crippen LogP contribution in [0.5, 0.6) is 0 Å². The van der Waals surface area contributed by atoms with Crippen LogP contribution in [0.25, 0.3) is 0 Å². The van der Waals surface area contributed by atoms with Gasteiger partial charge in [-0.25, -0.2) is 9.59 Å². The maximum atomic E-state index is 11.3. The molecule has 4 heteroatoms. The van der Waals surface area contributed by atoms with Crippen molar-refractivity contribution in [2.45, 2.75) is 96.8 Å². The molecule has 0 aliphatic rings. The molecule has 0 heterocycles. The first kappa shape index (κ1) is 23.2. The van der Waals surface area contributed by atoms with Crippen molar-refractivity contribution >= 4 is 11.9 Å². The van der Waals surface area contributed by atoms with E-state index in [0.29, 0.717) is 12.0 Å². The van der Waals surface area contributed by atoms with Crippen LogP contribution < -0.4 is 0 Å². The number of hydrogen-bond donors (Lipinski definition) is 2. The topological polar surface area (TPSA) is 74.6 Å². The highest BCUT2D eigenvalue weighted by Crippen LogP contribution is 2.17.